The highest BCUT2D eigenvalue weighted by molar-refractivity contribution is 6.35. The van der Waals surface area contributed by atoms with Crippen LogP contribution in [0.15, 0.2) is 18.2 Å². The predicted octanol–water partition coefficient (Wildman–Crippen LogP) is 3.96. The molecule has 4 rings (SSSR count). The SMILES string of the molecule is CCc1ccc2c(c1)C(=Cc1[nH]c3c(c1OC)CCCC3)C(=O)N2. The second-order valence-corrected chi connectivity index (χ2v) is 6.48. The van der Waals surface area contributed by atoms with Crippen LogP contribution in [-0.2, 0) is 24.1 Å². The third-order valence-corrected chi connectivity index (χ3v) is 5.04. The van der Waals surface area contributed by atoms with Crippen molar-refractivity contribution in [2.75, 3.05) is 12.4 Å². The lowest BCUT2D eigenvalue weighted by Gasteiger charge is -2.11. The standard InChI is InChI=1S/C20H22N2O2/c1-3-12-8-9-17-14(10-12)15(20(23)22-17)11-18-19(24-2)13-6-4-5-7-16(13)21-18/h8-11,21H,3-7H2,1-2H3,(H,22,23). The summed E-state index contributed by atoms with van der Waals surface area (Å²) in [5.74, 6) is 0.845. The Bertz CT molecular complexity index is 846. The van der Waals surface area contributed by atoms with Gasteiger partial charge in [0.1, 0.15) is 5.75 Å². The molecule has 2 aliphatic rings. The molecule has 0 saturated heterocycles. The smallest absolute Gasteiger partial charge is 0.256 e. The summed E-state index contributed by atoms with van der Waals surface area (Å²) in [6.07, 6.45) is 7.39. The van der Waals surface area contributed by atoms with E-state index in [0.29, 0.717) is 5.57 Å². The average Bonchev–Trinajstić information content (AvgIpc) is 3.11. The number of ether oxygens (including phenoxy) is 1. The molecule has 1 aromatic carbocycles. The molecular formula is C20H22N2O2. The van der Waals surface area contributed by atoms with Crippen molar-refractivity contribution in [3.8, 4) is 5.75 Å². The first-order chi connectivity index (χ1) is 11.7. The van der Waals surface area contributed by atoms with Crippen molar-refractivity contribution >= 4 is 23.2 Å². The number of nitrogens with one attached hydrogen (secondary N) is 2. The van der Waals surface area contributed by atoms with Crippen molar-refractivity contribution in [1.29, 1.82) is 0 Å². The molecule has 0 unspecified atom stereocenters. The molecule has 24 heavy (non-hydrogen) atoms. The van der Waals surface area contributed by atoms with Gasteiger partial charge in [-0.05, 0) is 55.9 Å². The molecular weight excluding hydrogens is 300 g/mol. The Labute approximate surface area is 141 Å². The second-order valence-electron chi connectivity index (χ2n) is 6.48. The number of aromatic amines is 1. The van der Waals surface area contributed by atoms with E-state index in [1.54, 1.807) is 7.11 Å². The number of amides is 1. The highest BCUT2D eigenvalue weighted by atomic mass is 16.5. The summed E-state index contributed by atoms with van der Waals surface area (Å²) < 4.78 is 5.65. The van der Waals surface area contributed by atoms with Gasteiger partial charge >= 0.3 is 0 Å². The van der Waals surface area contributed by atoms with Crippen molar-refractivity contribution in [3.05, 3.63) is 46.3 Å². The van der Waals surface area contributed by atoms with Crippen molar-refractivity contribution < 1.29 is 9.53 Å². The van der Waals surface area contributed by atoms with Crippen LogP contribution >= 0.6 is 0 Å². The number of carbonyl (C=O) groups excluding carboxylic acids is 1. The van der Waals surface area contributed by atoms with Gasteiger partial charge in [0.25, 0.3) is 5.91 Å². The van der Waals surface area contributed by atoms with Crippen LogP contribution in [0.5, 0.6) is 5.75 Å². The summed E-state index contributed by atoms with van der Waals surface area (Å²) >= 11 is 0. The van der Waals surface area contributed by atoms with E-state index in [-0.39, 0.29) is 5.91 Å². The number of benzene rings is 1. The molecule has 0 bridgehead atoms. The van der Waals surface area contributed by atoms with Gasteiger partial charge in [0.05, 0.1) is 18.4 Å². The summed E-state index contributed by atoms with van der Waals surface area (Å²) in [5, 5.41) is 2.96. The van der Waals surface area contributed by atoms with Gasteiger partial charge < -0.3 is 15.0 Å². The molecule has 4 nitrogen and oxygen atoms in total. The molecule has 0 saturated carbocycles. The van der Waals surface area contributed by atoms with Gasteiger partial charge in [-0.3, -0.25) is 4.79 Å². The van der Waals surface area contributed by atoms with E-state index >= 15 is 0 Å². The fraction of sp³-hybridized carbons (Fsp3) is 0.350. The number of aromatic nitrogens is 1. The van der Waals surface area contributed by atoms with Crippen molar-refractivity contribution in [1.82, 2.24) is 4.98 Å². The van der Waals surface area contributed by atoms with Gasteiger partial charge in [0, 0.05) is 22.5 Å². The monoisotopic (exact) mass is 322 g/mol. The maximum absolute atomic E-state index is 12.4. The van der Waals surface area contributed by atoms with E-state index in [1.807, 2.05) is 12.1 Å². The molecule has 2 N–H and O–H groups in total. The van der Waals surface area contributed by atoms with Crippen LogP contribution in [0.1, 0.15) is 47.8 Å². The van der Waals surface area contributed by atoms with Crippen LogP contribution in [0.3, 0.4) is 0 Å². The molecule has 0 atom stereocenters. The predicted molar refractivity (Wildman–Crippen MR) is 96.3 cm³/mol. The number of methoxy groups -OCH3 is 1. The first-order valence-electron chi connectivity index (χ1n) is 8.65. The molecule has 4 heteroatoms. The number of anilines is 1. The van der Waals surface area contributed by atoms with Crippen LogP contribution in [-0.4, -0.2) is 18.0 Å². The quantitative estimate of drug-likeness (QED) is 0.841. The van der Waals surface area contributed by atoms with E-state index < -0.39 is 0 Å². The molecule has 2 heterocycles. The zero-order valence-electron chi connectivity index (χ0n) is 14.2. The average molecular weight is 322 g/mol. The molecule has 0 fully saturated rings. The molecule has 1 aliphatic heterocycles. The minimum absolute atomic E-state index is 0.0483. The van der Waals surface area contributed by atoms with Gasteiger partial charge in [-0.15, -0.1) is 0 Å². The zero-order chi connectivity index (χ0) is 16.7. The van der Waals surface area contributed by atoms with Crippen LogP contribution in [0.4, 0.5) is 5.69 Å². The number of aryl methyl sites for hydroxylation is 2. The summed E-state index contributed by atoms with van der Waals surface area (Å²) in [6.45, 7) is 2.12. The van der Waals surface area contributed by atoms with Crippen LogP contribution in [0.2, 0.25) is 0 Å². The van der Waals surface area contributed by atoms with E-state index in [1.165, 1.54) is 29.7 Å². The Morgan fingerprint density at radius 3 is 2.88 bits per heavy atom. The van der Waals surface area contributed by atoms with Crippen molar-refractivity contribution in [2.45, 2.75) is 39.0 Å². The molecule has 1 aromatic heterocycles. The van der Waals surface area contributed by atoms with E-state index in [4.69, 9.17) is 4.74 Å². The Morgan fingerprint density at radius 2 is 2.08 bits per heavy atom. The number of fused-ring (bicyclic) bond motifs is 2. The number of carbonyl (C=O) groups is 1. The molecule has 1 amide bonds. The number of hydrogen-bond donors (Lipinski definition) is 2. The van der Waals surface area contributed by atoms with Crippen molar-refractivity contribution in [3.63, 3.8) is 0 Å². The topological polar surface area (TPSA) is 54.1 Å². The maximum atomic E-state index is 12.4. The molecule has 2 aromatic rings. The van der Waals surface area contributed by atoms with Gasteiger partial charge in [-0.25, -0.2) is 0 Å². The summed E-state index contributed by atoms with van der Waals surface area (Å²) in [5.41, 5.74) is 7.24. The van der Waals surface area contributed by atoms with Crippen LogP contribution < -0.4 is 10.1 Å². The minimum atomic E-state index is -0.0483. The summed E-state index contributed by atoms with van der Waals surface area (Å²) in [7, 11) is 1.71. The molecule has 0 radical (unpaired) electrons. The Hall–Kier alpha value is -2.49. The van der Waals surface area contributed by atoms with E-state index in [0.717, 1.165) is 42.0 Å². The second kappa shape index (κ2) is 5.86. The van der Waals surface area contributed by atoms with E-state index in [9.17, 15) is 4.79 Å². The number of rotatable bonds is 3. The van der Waals surface area contributed by atoms with Gasteiger partial charge in [-0.1, -0.05) is 13.0 Å². The first kappa shape index (κ1) is 15.1. The fourth-order valence-electron chi connectivity index (χ4n) is 3.75. The lowest BCUT2D eigenvalue weighted by Crippen LogP contribution is -2.03. The molecule has 124 valence electrons. The molecule has 1 aliphatic carbocycles. The molecule has 0 spiro atoms. The Kier molecular flexibility index (Phi) is 3.68. The number of H-pyrrole nitrogens is 1. The number of hydrogen-bond acceptors (Lipinski definition) is 2. The van der Waals surface area contributed by atoms with Crippen molar-refractivity contribution in [2.24, 2.45) is 0 Å². The first-order valence-corrected chi connectivity index (χ1v) is 8.65. The Morgan fingerprint density at radius 1 is 1.25 bits per heavy atom. The van der Waals surface area contributed by atoms with E-state index in [2.05, 4.69) is 29.4 Å². The highest BCUT2D eigenvalue weighted by Crippen LogP contribution is 2.38. The Balaban J connectivity index is 1.82. The third kappa shape index (κ3) is 2.33. The maximum Gasteiger partial charge on any atom is 0.256 e. The van der Waals surface area contributed by atoms with Crippen LogP contribution in [0.25, 0.3) is 11.6 Å². The van der Waals surface area contributed by atoms with Gasteiger partial charge in [0.2, 0.25) is 0 Å². The minimum Gasteiger partial charge on any atom is -0.494 e. The van der Waals surface area contributed by atoms with Crippen LogP contribution in [0, 0.1) is 0 Å². The largest absolute Gasteiger partial charge is 0.494 e. The van der Waals surface area contributed by atoms with Gasteiger partial charge in [-0.2, -0.15) is 0 Å². The summed E-state index contributed by atoms with van der Waals surface area (Å²) in [4.78, 5) is 15.9. The highest BCUT2D eigenvalue weighted by Gasteiger charge is 2.26. The normalized spacial score (nSPS) is 17.6. The fourth-order valence-corrected chi connectivity index (χ4v) is 3.75. The van der Waals surface area contributed by atoms with Gasteiger partial charge in [0.15, 0.2) is 0 Å². The lowest BCUT2D eigenvalue weighted by atomic mass is 9.97. The lowest BCUT2D eigenvalue weighted by molar-refractivity contribution is -0.110. The summed E-state index contributed by atoms with van der Waals surface area (Å²) in [6, 6.07) is 6.16. The third-order valence-electron chi connectivity index (χ3n) is 5.04. The zero-order valence-corrected chi connectivity index (χ0v) is 14.2.